The first-order valence-corrected chi connectivity index (χ1v) is 3.15. The normalized spacial score (nSPS) is 30.6. The fraction of sp³-hybridized carbons (Fsp3) is 0.571. The number of hydrogen-bond acceptors (Lipinski definition) is 3. The molecule has 56 valence electrons. The summed E-state index contributed by atoms with van der Waals surface area (Å²) < 4.78 is 9.40. The summed E-state index contributed by atoms with van der Waals surface area (Å²) in [5.74, 6) is -0.331. The molecular formula is C7H10O3. The second-order valence-electron chi connectivity index (χ2n) is 2.19. The van der Waals surface area contributed by atoms with Crippen molar-refractivity contribution in [1.29, 1.82) is 0 Å². The largest absolute Gasteiger partial charge is 0.466 e. The zero-order valence-electron chi connectivity index (χ0n) is 6.03. The van der Waals surface area contributed by atoms with Crippen molar-refractivity contribution in [3.8, 4) is 0 Å². The molecule has 1 saturated heterocycles. The molecule has 0 saturated carbocycles. The molecule has 1 rings (SSSR count). The molecule has 0 spiro atoms. The van der Waals surface area contributed by atoms with E-state index < -0.39 is 0 Å². The highest BCUT2D eigenvalue weighted by Gasteiger charge is 2.31. The maximum Gasteiger partial charge on any atom is 0.330 e. The smallest absolute Gasteiger partial charge is 0.330 e. The molecule has 2 atom stereocenters. The monoisotopic (exact) mass is 142 g/mol. The summed E-state index contributed by atoms with van der Waals surface area (Å²) in [5, 5.41) is 0. The predicted molar refractivity (Wildman–Crippen MR) is 35.5 cm³/mol. The van der Waals surface area contributed by atoms with Gasteiger partial charge in [-0.2, -0.15) is 0 Å². The molecule has 0 bridgehead atoms. The Morgan fingerprint density at radius 3 is 2.70 bits per heavy atom. The zero-order valence-corrected chi connectivity index (χ0v) is 6.03. The summed E-state index contributed by atoms with van der Waals surface area (Å²) in [6.07, 6.45) is 3.48. The lowest BCUT2D eigenvalue weighted by molar-refractivity contribution is -0.134. The summed E-state index contributed by atoms with van der Waals surface area (Å²) in [4.78, 5) is 10.5. The Kier molecular flexibility index (Phi) is 2.06. The minimum atomic E-state index is -0.331. The van der Waals surface area contributed by atoms with Crippen molar-refractivity contribution in [2.24, 2.45) is 0 Å². The highest BCUT2D eigenvalue weighted by molar-refractivity contribution is 5.81. The highest BCUT2D eigenvalue weighted by Crippen LogP contribution is 2.21. The van der Waals surface area contributed by atoms with Gasteiger partial charge in [0, 0.05) is 6.08 Å². The van der Waals surface area contributed by atoms with Gasteiger partial charge in [0.15, 0.2) is 0 Å². The van der Waals surface area contributed by atoms with Crippen LogP contribution in [-0.4, -0.2) is 25.3 Å². The molecule has 2 unspecified atom stereocenters. The number of carbonyl (C=O) groups is 1. The van der Waals surface area contributed by atoms with E-state index in [0.717, 1.165) is 0 Å². The van der Waals surface area contributed by atoms with Gasteiger partial charge in [0.25, 0.3) is 0 Å². The number of ether oxygens (including phenoxy) is 2. The number of hydrogen-bond donors (Lipinski definition) is 0. The van der Waals surface area contributed by atoms with Crippen LogP contribution in [0.3, 0.4) is 0 Å². The van der Waals surface area contributed by atoms with Gasteiger partial charge in [-0.05, 0) is 13.0 Å². The molecule has 10 heavy (non-hydrogen) atoms. The van der Waals surface area contributed by atoms with E-state index in [1.54, 1.807) is 6.08 Å². The Balaban J connectivity index is 2.23. The molecule has 0 aliphatic carbocycles. The molecule has 1 heterocycles. The molecule has 1 fully saturated rings. The van der Waals surface area contributed by atoms with E-state index in [4.69, 9.17) is 4.74 Å². The lowest BCUT2D eigenvalue weighted by Crippen LogP contribution is -1.95. The van der Waals surface area contributed by atoms with Crippen LogP contribution in [0.2, 0.25) is 0 Å². The average molecular weight is 142 g/mol. The third kappa shape index (κ3) is 1.84. The van der Waals surface area contributed by atoms with Crippen molar-refractivity contribution >= 4 is 5.97 Å². The van der Waals surface area contributed by atoms with E-state index in [1.807, 2.05) is 6.92 Å². The Morgan fingerprint density at radius 1 is 1.70 bits per heavy atom. The summed E-state index contributed by atoms with van der Waals surface area (Å²) in [6.45, 7) is 1.95. The van der Waals surface area contributed by atoms with Gasteiger partial charge in [0.2, 0.25) is 0 Å². The fourth-order valence-corrected chi connectivity index (χ4v) is 0.646. The van der Waals surface area contributed by atoms with Crippen LogP contribution in [0.15, 0.2) is 12.2 Å². The van der Waals surface area contributed by atoms with E-state index in [1.165, 1.54) is 13.2 Å². The van der Waals surface area contributed by atoms with Gasteiger partial charge in [0.1, 0.15) is 6.10 Å². The first-order chi connectivity index (χ1) is 4.74. The van der Waals surface area contributed by atoms with E-state index in [-0.39, 0.29) is 18.2 Å². The molecule has 0 aromatic heterocycles. The number of rotatable bonds is 2. The molecular weight excluding hydrogens is 132 g/mol. The minimum absolute atomic E-state index is 0.124. The third-order valence-electron chi connectivity index (χ3n) is 1.38. The number of esters is 1. The van der Waals surface area contributed by atoms with Crippen LogP contribution in [0.5, 0.6) is 0 Å². The Labute approximate surface area is 59.6 Å². The zero-order chi connectivity index (χ0) is 7.56. The molecule has 0 amide bonds. The van der Waals surface area contributed by atoms with Crippen LogP contribution >= 0.6 is 0 Å². The first-order valence-electron chi connectivity index (χ1n) is 3.15. The fourth-order valence-electron chi connectivity index (χ4n) is 0.646. The van der Waals surface area contributed by atoms with Crippen molar-refractivity contribution in [3.63, 3.8) is 0 Å². The number of methoxy groups -OCH3 is 1. The van der Waals surface area contributed by atoms with Gasteiger partial charge >= 0.3 is 5.97 Å². The number of carbonyl (C=O) groups excluding carboxylic acids is 1. The lowest BCUT2D eigenvalue weighted by Gasteiger charge is -1.86. The SMILES string of the molecule is COC(=O)/C=C/C1OC1C. The first kappa shape index (κ1) is 7.28. The second kappa shape index (κ2) is 2.84. The maximum absolute atomic E-state index is 10.5. The Bertz CT molecular complexity index is 162. The molecule has 0 radical (unpaired) electrons. The highest BCUT2D eigenvalue weighted by atomic mass is 16.6. The molecule has 0 N–H and O–H groups in total. The number of epoxide rings is 1. The predicted octanol–water partition coefficient (Wildman–Crippen LogP) is 0.503. The van der Waals surface area contributed by atoms with Crippen molar-refractivity contribution < 1.29 is 14.3 Å². The summed E-state index contributed by atoms with van der Waals surface area (Å²) >= 11 is 0. The Morgan fingerprint density at radius 2 is 2.30 bits per heavy atom. The quantitative estimate of drug-likeness (QED) is 0.320. The van der Waals surface area contributed by atoms with Crippen molar-refractivity contribution in [2.75, 3.05) is 7.11 Å². The standard InChI is InChI=1S/C7H10O3/c1-5-6(10-5)3-4-7(8)9-2/h3-6H,1-2H3/b4-3+. The van der Waals surface area contributed by atoms with Crippen molar-refractivity contribution in [3.05, 3.63) is 12.2 Å². The van der Waals surface area contributed by atoms with Gasteiger partial charge in [-0.3, -0.25) is 0 Å². The summed E-state index contributed by atoms with van der Waals surface area (Å²) in [7, 11) is 1.35. The molecule has 3 nitrogen and oxygen atoms in total. The molecule has 1 aliphatic heterocycles. The second-order valence-corrected chi connectivity index (χ2v) is 2.19. The topological polar surface area (TPSA) is 38.8 Å². The van der Waals surface area contributed by atoms with Crippen LogP contribution in [0, 0.1) is 0 Å². The molecule has 0 aromatic carbocycles. The van der Waals surface area contributed by atoms with Crippen molar-refractivity contribution in [1.82, 2.24) is 0 Å². The van der Waals surface area contributed by atoms with Crippen LogP contribution in [0.25, 0.3) is 0 Å². The summed E-state index contributed by atoms with van der Waals surface area (Å²) in [5.41, 5.74) is 0. The van der Waals surface area contributed by atoms with Gasteiger partial charge in [-0.1, -0.05) is 0 Å². The van der Waals surface area contributed by atoms with Crippen molar-refractivity contribution in [2.45, 2.75) is 19.1 Å². The molecule has 1 aliphatic rings. The Hall–Kier alpha value is -0.830. The van der Waals surface area contributed by atoms with Crippen LogP contribution < -0.4 is 0 Å². The van der Waals surface area contributed by atoms with E-state index in [2.05, 4.69) is 4.74 Å². The maximum atomic E-state index is 10.5. The third-order valence-corrected chi connectivity index (χ3v) is 1.38. The molecule has 0 aromatic rings. The van der Waals surface area contributed by atoms with E-state index in [0.29, 0.717) is 0 Å². The van der Waals surface area contributed by atoms with Gasteiger partial charge < -0.3 is 9.47 Å². The molecule has 3 heteroatoms. The average Bonchev–Trinajstić information content (AvgIpc) is 2.61. The van der Waals surface area contributed by atoms with Gasteiger partial charge in [-0.25, -0.2) is 4.79 Å². The van der Waals surface area contributed by atoms with Crippen LogP contribution in [0.1, 0.15) is 6.92 Å². The lowest BCUT2D eigenvalue weighted by atomic mass is 10.3. The van der Waals surface area contributed by atoms with Gasteiger partial charge in [-0.15, -0.1) is 0 Å². The van der Waals surface area contributed by atoms with E-state index >= 15 is 0 Å². The van der Waals surface area contributed by atoms with Crippen LogP contribution in [0.4, 0.5) is 0 Å². The van der Waals surface area contributed by atoms with E-state index in [9.17, 15) is 4.79 Å². The van der Waals surface area contributed by atoms with Gasteiger partial charge in [0.05, 0.1) is 13.2 Å². The minimum Gasteiger partial charge on any atom is -0.466 e. The summed E-state index contributed by atoms with van der Waals surface area (Å²) in [6, 6.07) is 0. The van der Waals surface area contributed by atoms with Crippen LogP contribution in [-0.2, 0) is 14.3 Å².